The number of benzene rings is 2. The minimum atomic E-state index is -0.932. The van der Waals surface area contributed by atoms with Crippen LogP contribution in [0.15, 0.2) is 64.8 Å². The minimum absolute atomic E-state index is 0.0639. The van der Waals surface area contributed by atoms with Crippen molar-refractivity contribution >= 4 is 23.3 Å². The average molecular weight is 609 g/mol. The molecule has 11 heteroatoms. The highest BCUT2D eigenvalue weighted by Crippen LogP contribution is 2.41. The largest absolute Gasteiger partial charge is 0.493 e. The van der Waals surface area contributed by atoms with E-state index in [0.717, 1.165) is 38.7 Å². The zero-order chi connectivity index (χ0) is 31.5. The van der Waals surface area contributed by atoms with Crippen molar-refractivity contribution in [2.45, 2.75) is 64.6 Å². The normalized spacial score (nSPS) is 20.1. The van der Waals surface area contributed by atoms with Gasteiger partial charge >= 0.3 is 11.9 Å². The number of aryl methyl sites for hydroxylation is 1. The number of carbonyl (C=O) groups excluding carboxylic acids is 2. The van der Waals surface area contributed by atoms with E-state index in [2.05, 4.69) is 4.99 Å². The van der Waals surface area contributed by atoms with Crippen molar-refractivity contribution in [3.05, 3.63) is 81.0 Å². The fourth-order valence-corrected chi connectivity index (χ4v) is 5.50. The van der Waals surface area contributed by atoms with Gasteiger partial charge in [-0.2, -0.15) is 0 Å². The number of aliphatic imine (C=N–C) groups is 1. The Labute approximate surface area is 257 Å². The Morgan fingerprint density at radius 1 is 1.05 bits per heavy atom. The van der Waals surface area contributed by atoms with Gasteiger partial charge in [0.05, 0.1) is 37.4 Å². The molecule has 2 aromatic rings. The molecule has 2 aliphatic heterocycles. The summed E-state index contributed by atoms with van der Waals surface area (Å²) in [6.45, 7) is 5.18. The lowest BCUT2D eigenvalue weighted by atomic mass is 9.75. The maximum absolute atomic E-state index is 13.4. The van der Waals surface area contributed by atoms with Crippen LogP contribution in [0.25, 0.3) is 0 Å². The van der Waals surface area contributed by atoms with Crippen molar-refractivity contribution in [1.29, 1.82) is 0 Å². The molecule has 0 amide bonds. The van der Waals surface area contributed by atoms with Gasteiger partial charge in [0.2, 0.25) is 0 Å². The van der Waals surface area contributed by atoms with Crippen LogP contribution >= 0.6 is 0 Å². The number of hydrogen-bond acceptors (Lipinski definition) is 10. The van der Waals surface area contributed by atoms with E-state index in [1.807, 2.05) is 24.3 Å². The zero-order valence-corrected chi connectivity index (χ0v) is 25.5. The first-order valence-corrected chi connectivity index (χ1v) is 15.0. The van der Waals surface area contributed by atoms with E-state index in [0.29, 0.717) is 42.4 Å². The number of nitro benzene ring substituents is 1. The fraction of sp³-hybridized carbons (Fsp3) is 0.485. The molecule has 0 spiro atoms. The lowest BCUT2D eigenvalue weighted by Gasteiger charge is -2.31. The van der Waals surface area contributed by atoms with Crippen molar-refractivity contribution in [2.24, 2.45) is 10.9 Å². The summed E-state index contributed by atoms with van der Waals surface area (Å²) in [5.74, 6) is -2.31. The van der Waals surface area contributed by atoms with Crippen LogP contribution in [0.3, 0.4) is 0 Å². The van der Waals surface area contributed by atoms with Gasteiger partial charge < -0.3 is 23.7 Å². The monoisotopic (exact) mass is 608 g/mol. The van der Waals surface area contributed by atoms with Gasteiger partial charge in [-0.3, -0.25) is 19.9 Å². The van der Waals surface area contributed by atoms with Crippen LogP contribution in [0, 0.1) is 16.0 Å². The van der Waals surface area contributed by atoms with Crippen LogP contribution in [0.1, 0.15) is 63.0 Å². The Morgan fingerprint density at radius 3 is 2.55 bits per heavy atom. The molecule has 0 aromatic heterocycles. The van der Waals surface area contributed by atoms with Crippen LogP contribution < -0.4 is 4.74 Å². The van der Waals surface area contributed by atoms with Crippen molar-refractivity contribution < 1.29 is 38.2 Å². The predicted molar refractivity (Wildman–Crippen MR) is 163 cm³/mol. The number of nitrogens with zero attached hydrogens (tertiary/aromatic N) is 2. The van der Waals surface area contributed by atoms with E-state index < -0.39 is 28.7 Å². The highest BCUT2D eigenvalue weighted by atomic mass is 16.7. The van der Waals surface area contributed by atoms with Crippen molar-refractivity contribution in [2.75, 3.05) is 33.5 Å². The summed E-state index contributed by atoms with van der Waals surface area (Å²) in [5.41, 5.74) is 2.46. The van der Waals surface area contributed by atoms with Crippen molar-refractivity contribution in [1.82, 2.24) is 0 Å². The number of hydrogen-bond donors (Lipinski definition) is 0. The summed E-state index contributed by atoms with van der Waals surface area (Å²) in [6.07, 6.45) is 5.41. The van der Waals surface area contributed by atoms with Gasteiger partial charge in [-0.1, -0.05) is 24.3 Å². The number of methoxy groups -OCH3 is 1. The molecule has 2 aromatic carbocycles. The summed E-state index contributed by atoms with van der Waals surface area (Å²) in [6, 6.07) is 13.8. The number of carbonyl (C=O) groups is 2. The highest BCUT2D eigenvalue weighted by molar-refractivity contribution is 6.07. The summed E-state index contributed by atoms with van der Waals surface area (Å²) < 4.78 is 27.8. The average Bonchev–Trinajstić information content (AvgIpc) is 3.03. The maximum Gasteiger partial charge on any atom is 0.336 e. The fourth-order valence-electron chi connectivity index (χ4n) is 5.50. The summed E-state index contributed by atoms with van der Waals surface area (Å²) in [5, 5.41) is 11.4. The van der Waals surface area contributed by atoms with Gasteiger partial charge in [-0.05, 0) is 69.2 Å². The molecule has 2 heterocycles. The number of esters is 2. The molecule has 236 valence electrons. The minimum Gasteiger partial charge on any atom is -0.493 e. The molecule has 4 rings (SSSR count). The smallest absolute Gasteiger partial charge is 0.336 e. The van der Waals surface area contributed by atoms with Crippen LogP contribution in [-0.4, -0.2) is 62.4 Å². The molecule has 3 unspecified atom stereocenters. The number of non-ortho nitro benzene ring substituents is 1. The third kappa shape index (κ3) is 8.73. The lowest BCUT2D eigenvalue weighted by molar-refractivity contribution is -0.384. The number of allylic oxidation sites excluding steroid dienone is 1. The molecule has 3 atom stereocenters. The topological polar surface area (TPSA) is 136 Å². The number of rotatable bonds is 14. The molecule has 0 N–H and O–H groups in total. The van der Waals surface area contributed by atoms with E-state index in [1.54, 1.807) is 19.9 Å². The Kier molecular flexibility index (Phi) is 12.0. The molecular formula is C33H40N2O9. The van der Waals surface area contributed by atoms with E-state index in [9.17, 15) is 19.7 Å². The third-order valence-electron chi connectivity index (χ3n) is 7.71. The molecule has 2 aliphatic rings. The molecule has 1 fully saturated rings. The molecular weight excluding hydrogens is 568 g/mol. The van der Waals surface area contributed by atoms with E-state index >= 15 is 0 Å². The first kappa shape index (κ1) is 32.8. The van der Waals surface area contributed by atoms with Gasteiger partial charge in [0.1, 0.15) is 11.7 Å². The second-order valence-electron chi connectivity index (χ2n) is 10.8. The molecule has 0 radical (unpaired) electrons. The summed E-state index contributed by atoms with van der Waals surface area (Å²) in [4.78, 5) is 41.5. The highest BCUT2D eigenvalue weighted by Gasteiger charge is 2.42. The maximum atomic E-state index is 13.4. The van der Waals surface area contributed by atoms with Crippen molar-refractivity contribution in [3.63, 3.8) is 0 Å². The van der Waals surface area contributed by atoms with Gasteiger partial charge in [0.15, 0.2) is 6.29 Å². The number of ether oxygens (including phenoxy) is 5. The molecule has 1 saturated heterocycles. The molecule has 0 saturated carbocycles. The summed E-state index contributed by atoms with van der Waals surface area (Å²) >= 11 is 0. The van der Waals surface area contributed by atoms with Crippen LogP contribution in [-0.2, 0) is 35.0 Å². The van der Waals surface area contributed by atoms with Crippen LogP contribution in [0.5, 0.6) is 5.75 Å². The first-order valence-electron chi connectivity index (χ1n) is 15.0. The molecule has 0 bridgehead atoms. The van der Waals surface area contributed by atoms with Gasteiger partial charge in [0.25, 0.3) is 5.69 Å². The second kappa shape index (κ2) is 16.1. The summed E-state index contributed by atoms with van der Waals surface area (Å²) in [7, 11) is 1.25. The SMILES string of the molecule is COC(=O)C1C(C)=NC(C)=C(C(=O)OCCCOc2ccc(CCCOC3CCCCO3)cc2)C1c1cccc([N+](=O)[O-])c1. The molecule has 0 aliphatic carbocycles. The Morgan fingerprint density at radius 2 is 1.84 bits per heavy atom. The molecule has 44 heavy (non-hydrogen) atoms. The van der Waals surface area contributed by atoms with E-state index in [4.69, 9.17) is 23.7 Å². The van der Waals surface area contributed by atoms with Gasteiger partial charge in [0, 0.05) is 42.5 Å². The Balaban J connectivity index is 1.29. The Bertz CT molecular complexity index is 1360. The van der Waals surface area contributed by atoms with Crippen LogP contribution in [0.4, 0.5) is 5.69 Å². The zero-order valence-electron chi connectivity index (χ0n) is 25.5. The van der Waals surface area contributed by atoms with Crippen LogP contribution in [0.2, 0.25) is 0 Å². The third-order valence-corrected chi connectivity index (χ3v) is 7.71. The predicted octanol–water partition coefficient (Wildman–Crippen LogP) is 5.70. The van der Waals surface area contributed by atoms with Crippen molar-refractivity contribution in [3.8, 4) is 5.75 Å². The standard InChI is InChI=1S/C33H40N2O9/c1-22-29(32(36)40-3)31(25-10-6-11-26(21-25)35(38)39)30(23(2)34-22)33(37)44-20-8-19-41-27-15-13-24(14-16-27)9-7-18-43-28-12-4-5-17-42-28/h6,10-11,13-16,21,28-29,31H,4-5,7-9,12,17-20H2,1-3H3. The molecule has 11 nitrogen and oxygen atoms in total. The lowest BCUT2D eigenvalue weighted by Crippen LogP contribution is -2.36. The number of nitro groups is 1. The van der Waals surface area contributed by atoms with Gasteiger partial charge in [-0.15, -0.1) is 0 Å². The van der Waals surface area contributed by atoms with E-state index in [-0.39, 0.29) is 24.2 Å². The first-order chi connectivity index (χ1) is 21.3. The quantitative estimate of drug-likeness (QED) is 0.114. The van der Waals surface area contributed by atoms with Gasteiger partial charge in [-0.25, -0.2) is 4.79 Å². The van der Waals surface area contributed by atoms with E-state index in [1.165, 1.54) is 30.9 Å². The second-order valence-corrected chi connectivity index (χ2v) is 10.8. The Hall–Kier alpha value is -4.09.